The van der Waals surface area contributed by atoms with Crippen molar-refractivity contribution in [2.45, 2.75) is 19.9 Å². The normalized spacial score (nSPS) is 11.0. The SMILES string of the molecule is Cc1ccsc1CN(C)C(=O)Cc1nn(C)c(=O)c2ccccc12. The zero-order valence-corrected chi connectivity index (χ0v) is 14.8. The number of aryl methyl sites for hydroxylation is 2. The van der Waals surface area contributed by atoms with Crippen LogP contribution in [0.3, 0.4) is 0 Å². The van der Waals surface area contributed by atoms with Gasteiger partial charge in [0.1, 0.15) is 0 Å². The molecule has 0 saturated heterocycles. The number of carbonyl (C=O) groups is 1. The zero-order chi connectivity index (χ0) is 17.3. The summed E-state index contributed by atoms with van der Waals surface area (Å²) in [5.74, 6) is -0.0147. The number of hydrogen-bond acceptors (Lipinski definition) is 4. The summed E-state index contributed by atoms with van der Waals surface area (Å²) < 4.78 is 1.30. The molecule has 0 aliphatic carbocycles. The van der Waals surface area contributed by atoms with Crippen molar-refractivity contribution in [2.24, 2.45) is 7.05 Å². The second-order valence-corrected chi connectivity index (χ2v) is 6.88. The fourth-order valence-corrected chi connectivity index (χ4v) is 3.61. The van der Waals surface area contributed by atoms with E-state index in [0.29, 0.717) is 17.6 Å². The number of amides is 1. The summed E-state index contributed by atoms with van der Waals surface area (Å²) in [4.78, 5) is 27.6. The fraction of sp³-hybridized carbons (Fsp3) is 0.278. The second-order valence-electron chi connectivity index (χ2n) is 5.87. The first kappa shape index (κ1) is 16.4. The summed E-state index contributed by atoms with van der Waals surface area (Å²) in [7, 11) is 3.41. The first-order valence-corrected chi connectivity index (χ1v) is 8.57. The number of carbonyl (C=O) groups excluding carboxylic acids is 1. The molecule has 24 heavy (non-hydrogen) atoms. The molecule has 0 bridgehead atoms. The Balaban J connectivity index is 1.87. The van der Waals surface area contributed by atoms with E-state index in [1.807, 2.05) is 30.5 Å². The van der Waals surface area contributed by atoms with Crippen LogP contribution in [0.4, 0.5) is 0 Å². The van der Waals surface area contributed by atoms with Crippen LogP contribution in [0.1, 0.15) is 16.1 Å². The predicted molar refractivity (Wildman–Crippen MR) is 96.2 cm³/mol. The Bertz CT molecular complexity index is 958. The van der Waals surface area contributed by atoms with Gasteiger partial charge in [0.2, 0.25) is 5.91 Å². The fourth-order valence-electron chi connectivity index (χ4n) is 2.65. The molecule has 0 saturated carbocycles. The Hall–Kier alpha value is -2.47. The van der Waals surface area contributed by atoms with E-state index in [2.05, 4.69) is 11.2 Å². The number of rotatable bonds is 4. The summed E-state index contributed by atoms with van der Waals surface area (Å²) >= 11 is 1.65. The molecule has 2 aromatic heterocycles. The molecular weight excluding hydrogens is 322 g/mol. The van der Waals surface area contributed by atoms with Gasteiger partial charge in [-0.15, -0.1) is 11.3 Å². The van der Waals surface area contributed by atoms with Gasteiger partial charge in [0.05, 0.1) is 24.0 Å². The van der Waals surface area contributed by atoms with Crippen LogP contribution >= 0.6 is 11.3 Å². The topological polar surface area (TPSA) is 55.2 Å². The first-order chi connectivity index (χ1) is 11.5. The molecule has 0 unspecified atom stereocenters. The minimum absolute atomic E-state index is 0.0147. The van der Waals surface area contributed by atoms with Crippen LogP contribution in [0.15, 0.2) is 40.5 Å². The Labute approximate surface area is 144 Å². The van der Waals surface area contributed by atoms with Crippen LogP contribution < -0.4 is 5.56 Å². The molecule has 0 atom stereocenters. The largest absolute Gasteiger partial charge is 0.340 e. The van der Waals surface area contributed by atoms with Crippen molar-refractivity contribution >= 4 is 28.0 Å². The van der Waals surface area contributed by atoms with Gasteiger partial charge in [-0.2, -0.15) is 5.10 Å². The van der Waals surface area contributed by atoms with E-state index >= 15 is 0 Å². The van der Waals surface area contributed by atoms with Crippen molar-refractivity contribution in [1.82, 2.24) is 14.7 Å². The Kier molecular flexibility index (Phi) is 4.49. The molecule has 124 valence electrons. The minimum atomic E-state index is -0.149. The van der Waals surface area contributed by atoms with Gasteiger partial charge in [0, 0.05) is 24.4 Å². The average molecular weight is 341 g/mol. The van der Waals surface area contributed by atoms with Crippen LogP contribution in [0, 0.1) is 6.92 Å². The van der Waals surface area contributed by atoms with Crippen molar-refractivity contribution in [1.29, 1.82) is 0 Å². The van der Waals surface area contributed by atoms with Gasteiger partial charge < -0.3 is 4.90 Å². The Morgan fingerprint density at radius 2 is 1.96 bits per heavy atom. The van der Waals surface area contributed by atoms with E-state index in [0.717, 1.165) is 5.39 Å². The molecule has 0 aliphatic rings. The quantitative estimate of drug-likeness (QED) is 0.733. The lowest BCUT2D eigenvalue weighted by Crippen LogP contribution is -2.29. The first-order valence-electron chi connectivity index (χ1n) is 7.69. The van der Waals surface area contributed by atoms with E-state index < -0.39 is 0 Å². The highest BCUT2D eigenvalue weighted by Crippen LogP contribution is 2.18. The van der Waals surface area contributed by atoms with E-state index in [-0.39, 0.29) is 17.9 Å². The number of benzene rings is 1. The molecule has 6 heteroatoms. The third-order valence-corrected chi connectivity index (χ3v) is 5.13. The molecule has 0 aliphatic heterocycles. The van der Waals surface area contributed by atoms with E-state index in [1.165, 1.54) is 15.1 Å². The average Bonchev–Trinajstić information content (AvgIpc) is 2.97. The molecule has 0 spiro atoms. The summed E-state index contributed by atoms with van der Waals surface area (Å²) in [6.45, 7) is 2.64. The van der Waals surface area contributed by atoms with Gasteiger partial charge >= 0.3 is 0 Å². The smallest absolute Gasteiger partial charge is 0.274 e. The van der Waals surface area contributed by atoms with Gasteiger partial charge in [-0.1, -0.05) is 18.2 Å². The van der Waals surface area contributed by atoms with Gasteiger partial charge in [0.15, 0.2) is 0 Å². The monoisotopic (exact) mass is 341 g/mol. The van der Waals surface area contributed by atoms with Crippen LogP contribution in [0.25, 0.3) is 10.8 Å². The van der Waals surface area contributed by atoms with E-state index in [1.54, 1.807) is 36.4 Å². The maximum Gasteiger partial charge on any atom is 0.274 e. The third kappa shape index (κ3) is 3.10. The predicted octanol–water partition coefficient (Wildman–Crippen LogP) is 2.50. The lowest BCUT2D eigenvalue weighted by atomic mass is 10.1. The number of likely N-dealkylation sites (N-methyl/N-ethyl adjacent to an activating group) is 1. The zero-order valence-electron chi connectivity index (χ0n) is 13.9. The van der Waals surface area contributed by atoms with Crippen molar-refractivity contribution in [3.05, 3.63) is 62.2 Å². The number of thiophene rings is 1. The van der Waals surface area contributed by atoms with Gasteiger partial charge in [-0.3, -0.25) is 9.59 Å². The lowest BCUT2D eigenvalue weighted by molar-refractivity contribution is -0.129. The van der Waals surface area contributed by atoms with Gasteiger partial charge in [0.25, 0.3) is 5.56 Å². The standard InChI is InChI=1S/C18H19N3O2S/c1-12-8-9-24-16(12)11-20(2)17(22)10-15-13-6-4-5-7-14(13)18(23)21(3)19-15/h4-9H,10-11H2,1-3H3. The molecular formula is C18H19N3O2S. The maximum absolute atomic E-state index is 12.6. The van der Waals surface area contributed by atoms with Gasteiger partial charge in [-0.05, 0) is 30.0 Å². The second kappa shape index (κ2) is 6.57. The number of hydrogen-bond donors (Lipinski definition) is 0. The lowest BCUT2D eigenvalue weighted by Gasteiger charge is -2.17. The number of fused-ring (bicyclic) bond motifs is 1. The van der Waals surface area contributed by atoms with Crippen LogP contribution in [0.2, 0.25) is 0 Å². The molecule has 1 aromatic carbocycles. The highest BCUT2D eigenvalue weighted by Gasteiger charge is 2.16. The van der Waals surface area contributed by atoms with Crippen molar-refractivity contribution in [3.8, 4) is 0 Å². The Morgan fingerprint density at radius 1 is 1.25 bits per heavy atom. The molecule has 0 fully saturated rings. The van der Waals surface area contributed by atoms with E-state index in [4.69, 9.17) is 0 Å². The molecule has 2 heterocycles. The third-order valence-electron chi connectivity index (χ3n) is 4.13. The van der Waals surface area contributed by atoms with Crippen molar-refractivity contribution in [2.75, 3.05) is 7.05 Å². The minimum Gasteiger partial charge on any atom is -0.340 e. The number of nitrogens with zero attached hydrogens (tertiary/aromatic N) is 3. The summed E-state index contributed by atoms with van der Waals surface area (Å²) in [6, 6.07) is 9.35. The summed E-state index contributed by atoms with van der Waals surface area (Å²) in [5.41, 5.74) is 1.68. The molecule has 5 nitrogen and oxygen atoms in total. The van der Waals surface area contributed by atoms with Crippen LogP contribution in [0.5, 0.6) is 0 Å². The highest BCUT2D eigenvalue weighted by atomic mass is 32.1. The molecule has 0 N–H and O–H groups in total. The summed E-state index contributed by atoms with van der Waals surface area (Å²) in [6.07, 6.45) is 0.176. The maximum atomic E-state index is 12.6. The van der Waals surface area contributed by atoms with Crippen LogP contribution in [-0.2, 0) is 24.8 Å². The molecule has 3 aromatic rings. The van der Waals surface area contributed by atoms with Crippen LogP contribution in [-0.4, -0.2) is 27.6 Å². The molecule has 0 radical (unpaired) electrons. The molecule has 1 amide bonds. The van der Waals surface area contributed by atoms with Crippen molar-refractivity contribution < 1.29 is 4.79 Å². The summed E-state index contributed by atoms with van der Waals surface area (Å²) in [5, 5.41) is 7.67. The van der Waals surface area contributed by atoms with Gasteiger partial charge in [-0.25, -0.2) is 4.68 Å². The Morgan fingerprint density at radius 3 is 2.62 bits per heavy atom. The highest BCUT2D eigenvalue weighted by molar-refractivity contribution is 7.10. The van der Waals surface area contributed by atoms with E-state index in [9.17, 15) is 9.59 Å². The molecule has 3 rings (SSSR count). The van der Waals surface area contributed by atoms with Crippen molar-refractivity contribution in [3.63, 3.8) is 0 Å². The number of aromatic nitrogens is 2.